The summed E-state index contributed by atoms with van der Waals surface area (Å²) >= 11 is 11.6. The van der Waals surface area contributed by atoms with Crippen molar-refractivity contribution in [2.75, 3.05) is 26.0 Å². The van der Waals surface area contributed by atoms with E-state index in [1.165, 1.54) is 12.1 Å². The van der Waals surface area contributed by atoms with Gasteiger partial charge in [0.15, 0.2) is 0 Å². The van der Waals surface area contributed by atoms with Gasteiger partial charge in [-0.25, -0.2) is 0 Å². The van der Waals surface area contributed by atoms with Crippen LogP contribution in [0.3, 0.4) is 0 Å². The summed E-state index contributed by atoms with van der Waals surface area (Å²) in [5, 5.41) is 3.27. The topological polar surface area (TPSA) is 64.3 Å². The van der Waals surface area contributed by atoms with Gasteiger partial charge in [-0.05, 0) is 18.6 Å². The fourth-order valence-electron chi connectivity index (χ4n) is 1.26. The summed E-state index contributed by atoms with van der Waals surface area (Å²) in [6, 6.07) is 2.99. The molecule has 0 fully saturated rings. The van der Waals surface area contributed by atoms with E-state index >= 15 is 0 Å². The van der Waals surface area contributed by atoms with Crippen molar-refractivity contribution in [1.82, 2.24) is 5.32 Å². The van der Waals surface area contributed by atoms with Crippen molar-refractivity contribution < 1.29 is 9.53 Å². The molecule has 94 valence electrons. The maximum Gasteiger partial charge on any atom is 0.251 e. The molecule has 0 aromatic heterocycles. The Bertz CT molecular complexity index is 387. The molecule has 0 saturated heterocycles. The minimum Gasteiger partial charge on any atom is -0.397 e. The van der Waals surface area contributed by atoms with Crippen LogP contribution >= 0.6 is 23.2 Å². The minimum atomic E-state index is -0.230. The largest absolute Gasteiger partial charge is 0.397 e. The average Bonchev–Trinajstić information content (AvgIpc) is 2.30. The molecule has 17 heavy (non-hydrogen) atoms. The van der Waals surface area contributed by atoms with Gasteiger partial charge in [0, 0.05) is 25.8 Å². The van der Waals surface area contributed by atoms with Gasteiger partial charge in [-0.2, -0.15) is 0 Å². The Morgan fingerprint density at radius 2 is 2.18 bits per heavy atom. The van der Waals surface area contributed by atoms with E-state index in [1.54, 1.807) is 7.11 Å². The molecule has 1 aromatic rings. The first kappa shape index (κ1) is 14.1. The molecule has 1 amide bonds. The highest BCUT2D eigenvalue weighted by atomic mass is 35.5. The number of anilines is 1. The lowest BCUT2D eigenvalue weighted by atomic mass is 10.2. The lowest BCUT2D eigenvalue weighted by Crippen LogP contribution is -2.25. The molecule has 4 nitrogen and oxygen atoms in total. The van der Waals surface area contributed by atoms with Gasteiger partial charge in [-0.3, -0.25) is 4.79 Å². The highest BCUT2D eigenvalue weighted by molar-refractivity contribution is 6.43. The number of halogens is 2. The van der Waals surface area contributed by atoms with Gasteiger partial charge in [0.2, 0.25) is 0 Å². The standard InChI is InChI=1S/C11H14Cl2N2O2/c1-17-4-2-3-15-11(16)7-5-8(12)10(13)9(14)6-7/h5-6H,2-4,14H2,1H3,(H,15,16). The zero-order valence-electron chi connectivity index (χ0n) is 9.43. The number of benzene rings is 1. The third kappa shape index (κ3) is 4.07. The molecule has 0 aliphatic carbocycles. The van der Waals surface area contributed by atoms with Crippen LogP contribution in [0.4, 0.5) is 5.69 Å². The van der Waals surface area contributed by atoms with E-state index in [1.807, 2.05) is 0 Å². The monoisotopic (exact) mass is 276 g/mol. The van der Waals surface area contributed by atoms with Crippen LogP contribution in [0, 0.1) is 0 Å². The van der Waals surface area contributed by atoms with Crippen molar-refractivity contribution >= 4 is 34.8 Å². The maximum atomic E-state index is 11.7. The smallest absolute Gasteiger partial charge is 0.251 e. The summed E-state index contributed by atoms with van der Waals surface area (Å²) in [5.74, 6) is -0.230. The fraction of sp³-hybridized carbons (Fsp3) is 0.364. The summed E-state index contributed by atoms with van der Waals surface area (Å²) in [5.41, 5.74) is 6.31. The number of hydrogen-bond donors (Lipinski definition) is 2. The molecular formula is C11H14Cl2N2O2. The first-order chi connectivity index (χ1) is 8.06. The third-order valence-electron chi connectivity index (χ3n) is 2.13. The van der Waals surface area contributed by atoms with E-state index in [0.29, 0.717) is 24.4 Å². The van der Waals surface area contributed by atoms with Gasteiger partial charge in [0.1, 0.15) is 0 Å². The number of methoxy groups -OCH3 is 1. The lowest BCUT2D eigenvalue weighted by molar-refractivity contribution is 0.0948. The quantitative estimate of drug-likeness (QED) is 0.641. The molecule has 1 rings (SSSR count). The number of hydrogen-bond acceptors (Lipinski definition) is 3. The van der Waals surface area contributed by atoms with Gasteiger partial charge in [0.05, 0.1) is 15.7 Å². The van der Waals surface area contributed by atoms with Crippen LogP contribution in [-0.2, 0) is 4.74 Å². The number of nitrogen functional groups attached to an aromatic ring is 1. The number of nitrogens with two attached hydrogens (primary N) is 1. The van der Waals surface area contributed by atoms with Crippen molar-refractivity contribution in [3.8, 4) is 0 Å². The Labute approximate surface area is 110 Å². The summed E-state index contributed by atoms with van der Waals surface area (Å²) in [6.07, 6.45) is 0.749. The van der Waals surface area contributed by atoms with Crippen LogP contribution in [0.2, 0.25) is 10.0 Å². The normalized spacial score (nSPS) is 10.3. The van der Waals surface area contributed by atoms with Crippen LogP contribution in [0.15, 0.2) is 12.1 Å². The molecule has 0 heterocycles. The first-order valence-electron chi connectivity index (χ1n) is 5.08. The van der Waals surface area contributed by atoms with Crippen LogP contribution in [0.1, 0.15) is 16.8 Å². The second kappa shape index (κ2) is 6.69. The molecule has 0 atom stereocenters. The van der Waals surface area contributed by atoms with Crippen molar-refractivity contribution in [3.63, 3.8) is 0 Å². The zero-order valence-corrected chi connectivity index (χ0v) is 10.9. The summed E-state index contributed by atoms with van der Waals surface area (Å²) in [4.78, 5) is 11.7. The molecule has 6 heteroatoms. The summed E-state index contributed by atoms with van der Waals surface area (Å²) in [7, 11) is 1.61. The highest BCUT2D eigenvalue weighted by Gasteiger charge is 2.10. The molecule has 0 aliphatic rings. The molecule has 0 aliphatic heterocycles. The van der Waals surface area contributed by atoms with Crippen molar-refractivity contribution in [2.24, 2.45) is 0 Å². The number of rotatable bonds is 5. The first-order valence-corrected chi connectivity index (χ1v) is 5.83. The predicted octanol–water partition coefficient (Wildman–Crippen LogP) is 2.34. The molecular weight excluding hydrogens is 263 g/mol. The predicted molar refractivity (Wildman–Crippen MR) is 69.7 cm³/mol. The summed E-state index contributed by atoms with van der Waals surface area (Å²) in [6.45, 7) is 1.14. The number of carbonyl (C=O) groups excluding carboxylic acids is 1. The number of nitrogens with one attached hydrogen (secondary N) is 1. The Morgan fingerprint density at radius 3 is 2.76 bits per heavy atom. The molecule has 1 aromatic carbocycles. The Hall–Kier alpha value is -0.970. The minimum absolute atomic E-state index is 0.230. The zero-order chi connectivity index (χ0) is 12.8. The van der Waals surface area contributed by atoms with E-state index < -0.39 is 0 Å². The lowest BCUT2D eigenvalue weighted by Gasteiger charge is -2.07. The van der Waals surface area contributed by atoms with Crippen molar-refractivity contribution in [2.45, 2.75) is 6.42 Å². The van der Waals surface area contributed by atoms with E-state index in [9.17, 15) is 4.79 Å². The van der Waals surface area contributed by atoms with Gasteiger partial charge >= 0.3 is 0 Å². The van der Waals surface area contributed by atoms with E-state index in [4.69, 9.17) is 33.7 Å². The molecule has 0 unspecified atom stereocenters. The fourth-order valence-corrected chi connectivity index (χ4v) is 1.60. The molecule has 3 N–H and O–H groups in total. The SMILES string of the molecule is COCCCNC(=O)c1cc(N)c(Cl)c(Cl)c1. The van der Waals surface area contributed by atoms with Gasteiger partial charge in [-0.1, -0.05) is 23.2 Å². The van der Waals surface area contributed by atoms with Crippen LogP contribution in [0.25, 0.3) is 0 Å². The number of ether oxygens (including phenoxy) is 1. The maximum absolute atomic E-state index is 11.7. The van der Waals surface area contributed by atoms with Crippen LogP contribution in [0.5, 0.6) is 0 Å². The van der Waals surface area contributed by atoms with Gasteiger partial charge in [-0.15, -0.1) is 0 Å². The van der Waals surface area contributed by atoms with E-state index in [0.717, 1.165) is 6.42 Å². The second-order valence-electron chi connectivity index (χ2n) is 3.46. The van der Waals surface area contributed by atoms with Crippen molar-refractivity contribution in [1.29, 1.82) is 0 Å². The van der Waals surface area contributed by atoms with Crippen LogP contribution in [-0.4, -0.2) is 26.2 Å². The van der Waals surface area contributed by atoms with Crippen LogP contribution < -0.4 is 11.1 Å². The van der Waals surface area contributed by atoms with Gasteiger partial charge < -0.3 is 15.8 Å². The summed E-state index contributed by atoms with van der Waals surface area (Å²) < 4.78 is 4.87. The molecule has 0 spiro atoms. The average molecular weight is 277 g/mol. The third-order valence-corrected chi connectivity index (χ3v) is 2.95. The highest BCUT2D eigenvalue weighted by Crippen LogP contribution is 2.29. The molecule has 0 radical (unpaired) electrons. The van der Waals surface area contributed by atoms with E-state index in [2.05, 4.69) is 5.32 Å². The number of carbonyl (C=O) groups is 1. The Balaban J connectivity index is 2.63. The van der Waals surface area contributed by atoms with E-state index in [-0.39, 0.29) is 16.0 Å². The second-order valence-corrected chi connectivity index (χ2v) is 4.25. The Kier molecular flexibility index (Phi) is 5.55. The van der Waals surface area contributed by atoms with Crippen molar-refractivity contribution in [3.05, 3.63) is 27.7 Å². The Morgan fingerprint density at radius 1 is 1.47 bits per heavy atom. The van der Waals surface area contributed by atoms with Gasteiger partial charge in [0.25, 0.3) is 5.91 Å². The number of amides is 1. The molecule has 0 bridgehead atoms. The molecule has 0 saturated carbocycles.